The summed E-state index contributed by atoms with van der Waals surface area (Å²) in [6, 6.07) is 3.83. The zero-order chi connectivity index (χ0) is 15.8. The molecule has 0 aliphatic carbocycles. The Hall–Kier alpha value is -1.48. The molecule has 0 aromatic carbocycles. The molecule has 0 aromatic rings. The van der Waals surface area contributed by atoms with Crippen molar-refractivity contribution in [1.29, 1.82) is 10.5 Å². The first-order valence-corrected chi connectivity index (χ1v) is 8.46. The molecule has 0 N–H and O–H groups in total. The Balaban J connectivity index is 3.67. The van der Waals surface area contributed by atoms with Gasteiger partial charge in [-0.2, -0.15) is 10.5 Å². The molecule has 0 saturated carbocycles. The normalized spacial score (nSPS) is 9.71. The molecule has 0 saturated heterocycles. The Morgan fingerprint density at radius 3 is 1.67 bits per heavy atom. The lowest BCUT2D eigenvalue weighted by molar-refractivity contribution is 0.214. The monoisotopic (exact) mass is 290 g/mol. The molecule has 3 nitrogen and oxygen atoms in total. The Labute approximate surface area is 130 Å². The number of hydrogen-bond donors (Lipinski definition) is 0. The number of ether oxygens (including phenoxy) is 1. The Bertz CT molecular complexity index is 344. The highest BCUT2D eigenvalue weighted by molar-refractivity contribution is 5.37. The average Bonchev–Trinajstić information content (AvgIpc) is 2.50. The van der Waals surface area contributed by atoms with E-state index in [-0.39, 0.29) is 5.57 Å². The molecule has 0 fully saturated rings. The summed E-state index contributed by atoms with van der Waals surface area (Å²) in [5.41, 5.74) is 0.132. The van der Waals surface area contributed by atoms with Crippen molar-refractivity contribution in [1.82, 2.24) is 0 Å². The highest BCUT2D eigenvalue weighted by Crippen LogP contribution is 2.16. The van der Waals surface area contributed by atoms with Crippen LogP contribution in [0.2, 0.25) is 0 Å². The Kier molecular flexibility index (Phi) is 13.9. The SMILES string of the molecule is CCCCCCCCCCCCC(OCC)=C(C#N)C#N. The van der Waals surface area contributed by atoms with Gasteiger partial charge in [-0.25, -0.2) is 0 Å². The van der Waals surface area contributed by atoms with Crippen LogP contribution in [0.1, 0.15) is 84.5 Å². The van der Waals surface area contributed by atoms with Crippen molar-refractivity contribution in [2.75, 3.05) is 6.61 Å². The standard InChI is InChI=1S/C18H30N2O/c1-3-5-6-7-8-9-10-11-12-13-14-18(21-4-2)17(15-19)16-20/h3-14H2,1-2H3. The van der Waals surface area contributed by atoms with Crippen LogP contribution in [0.5, 0.6) is 0 Å². The second-order valence-corrected chi connectivity index (χ2v) is 5.39. The predicted octanol–water partition coefficient (Wildman–Crippen LogP) is 5.64. The van der Waals surface area contributed by atoms with Gasteiger partial charge in [0.15, 0.2) is 5.57 Å². The summed E-state index contributed by atoms with van der Waals surface area (Å²) in [5, 5.41) is 17.7. The fourth-order valence-corrected chi connectivity index (χ4v) is 2.37. The first-order chi connectivity index (χ1) is 10.3. The molecule has 0 bridgehead atoms. The summed E-state index contributed by atoms with van der Waals surface area (Å²) in [7, 11) is 0. The van der Waals surface area contributed by atoms with E-state index in [1.807, 2.05) is 19.1 Å². The maximum atomic E-state index is 8.87. The number of allylic oxidation sites excluding steroid dienone is 2. The smallest absolute Gasteiger partial charge is 0.167 e. The van der Waals surface area contributed by atoms with E-state index in [1.54, 1.807) is 0 Å². The number of hydrogen-bond acceptors (Lipinski definition) is 3. The molecule has 118 valence electrons. The lowest BCUT2D eigenvalue weighted by atomic mass is 10.0. The summed E-state index contributed by atoms with van der Waals surface area (Å²) in [6.07, 6.45) is 13.5. The third-order valence-electron chi connectivity index (χ3n) is 3.58. The van der Waals surface area contributed by atoms with E-state index in [1.165, 1.54) is 51.4 Å². The van der Waals surface area contributed by atoms with Crippen LogP contribution in [0, 0.1) is 22.7 Å². The number of unbranched alkanes of at least 4 members (excludes halogenated alkanes) is 9. The molecule has 0 unspecified atom stereocenters. The van der Waals surface area contributed by atoms with E-state index in [2.05, 4.69) is 6.92 Å². The van der Waals surface area contributed by atoms with Crippen LogP contribution in [-0.2, 0) is 4.74 Å². The van der Waals surface area contributed by atoms with Gasteiger partial charge in [0, 0.05) is 6.42 Å². The van der Waals surface area contributed by atoms with Crippen molar-refractivity contribution < 1.29 is 4.74 Å². The van der Waals surface area contributed by atoms with Crippen LogP contribution in [0.15, 0.2) is 11.3 Å². The molecule has 0 heterocycles. The molecule has 0 aromatic heterocycles. The highest BCUT2D eigenvalue weighted by Gasteiger charge is 2.06. The van der Waals surface area contributed by atoms with Gasteiger partial charge in [0.2, 0.25) is 0 Å². The third-order valence-corrected chi connectivity index (χ3v) is 3.58. The van der Waals surface area contributed by atoms with E-state index in [4.69, 9.17) is 15.3 Å². The highest BCUT2D eigenvalue weighted by atomic mass is 16.5. The molecule has 0 amide bonds. The Morgan fingerprint density at radius 1 is 0.762 bits per heavy atom. The second-order valence-electron chi connectivity index (χ2n) is 5.39. The molecule has 21 heavy (non-hydrogen) atoms. The first-order valence-electron chi connectivity index (χ1n) is 8.46. The molecular weight excluding hydrogens is 260 g/mol. The van der Waals surface area contributed by atoms with Crippen LogP contribution in [-0.4, -0.2) is 6.61 Å². The lowest BCUT2D eigenvalue weighted by Crippen LogP contribution is -1.96. The largest absolute Gasteiger partial charge is 0.496 e. The van der Waals surface area contributed by atoms with Gasteiger partial charge in [0.1, 0.15) is 17.9 Å². The summed E-state index contributed by atoms with van der Waals surface area (Å²) in [5.74, 6) is 0.571. The van der Waals surface area contributed by atoms with Gasteiger partial charge in [-0.15, -0.1) is 0 Å². The minimum Gasteiger partial charge on any atom is -0.496 e. The van der Waals surface area contributed by atoms with Crippen molar-refractivity contribution in [2.45, 2.75) is 84.5 Å². The summed E-state index contributed by atoms with van der Waals surface area (Å²) < 4.78 is 5.40. The zero-order valence-corrected chi connectivity index (χ0v) is 13.8. The van der Waals surface area contributed by atoms with Crippen molar-refractivity contribution in [2.24, 2.45) is 0 Å². The minimum absolute atomic E-state index is 0.132. The zero-order valence-electron chi connectivity index (χ0n) is 13.8. The molecular formula is C18H30N2O. The molecule has 3 heteroatoms. The van der Waals surface area contributed by atoms with Crippen molar-refractivity contribution >= 4 is 0 Å². The van der Waals surface area contributed by atoms with E-state index in [0.717, 1.165) is 12.8 Å². The summed E-state index contributed by atoms with van der Waals surface area (Å²) >= 11 is 0. The van der Waals surface area contributed by atoms with Crippen molar-refractivity contribution in [3.8, 4) is 12.1 Å². The Morgan fingerprint density at radius 2 is 1.24 bits per heavy atom. The van der Waals surface area contributed by atoms with Crippen LogP contribution >= 0.6 is 0 Å². The molecule has 0 aliphatic heterocycles. The van der Waals surface area contributed by atoms with E-state index >= 15 is 0 Å². The lowest BCUT2D eigenvalue weighted by Gasteiger charge is -2.08. The molecule has 0 atom stereocenters. The number of rotatable bonds is 13. The quantitative estimate of drug-likeness (QED) is 0.251. The van der Waals surface area contributed by atoms with Gasteiger partial charge in [0.05, 0.1) is 6.61 Å². The van der Waals surface area contributed by atoms with Gasteiger partial charge < -0.3 is 4.74 Å². The van der Waals surface area contributed by atoms with Crippen LogP contribution in [0.3, 0.4) is 0 Å². The summed E-state index contributed by atoms with van der Waals surface area (Å²) in [4.78, 5) is 0. The maximum Gasteiger partial charge on any atom is 0.167 e. The van der Waals surface area contributed by atoms with Gasteiger partial charge in [-0.3, -0.25) is 0 Å². The van der Waals surface area contributed by atoms with E-state index in [0.29, 0.717) is 18.8 Å². The van der Waals surface area contributed by atoms with Crippen LogP contribution < -0.4 is 0 Å². The number of nitrogens with zero attached hydrogens (tertiary/aromatic N) is 2. The predicted molar refractivity (Wildman–Crippen MR) is 86.3 cm³/mol. The van der Waals surface area contributed by atoms with Gasteiger partial charge >= 0.3 is 0 Å². The van der Waals surface area contributed by atoms with Crippen molar-refractivity contribution in [3.05, 3.63) is 11.3 Å². The number of nitriles is 2. The molecule has 0 rings (SSSR count). The summed E-state index contributed by atoms with van der Waals surface area (Å²) in [6.45, 7) is 4.64. The minimum atomic E-state index is 0.132. The molecule has 0 spiro atoms. The topological polar surface area (TPSA) is 56.8 Å². The third kappa shape index (κ3) is 10.9. The first kappa shape index (κ1) is 19.5. The second kappa shape index (κ2) is 14.9. The van der Waals surface area contributed by atoms with E-state index in [9.17, 15) is 0 Å². The fraction of sp³-hybridized carbons (Fsp3) is 0.778. The van der Waals surface area contributed by atoms with Gasteiger partial charge in [-0.05, 0) is 13.3 Å². The average molecular weight is 290 g/mol. The molecule has 0 aliphatic rings. The van der Waals surface area contributed by atoms with E-state index < -0.39 is 0 Å². The van der Waals surface area contributed by atoms with Gasteiger partial charge in [-0.1, -0.05) is 64.7 Å². The van der Waals surface area contributed by atoms with Crippen LogP contribution in [0.4, 0.5) is 0 Å². The fourth-order valence-electron chi connectivity index (χ4n) is 2.37. The van der Waals surface area contributed by atoms with Crippen LogP contribution in [0.25, 0.3) is 0 Å². The molecule has 0 radical (unpaired) electrons. The van der Waals surface area contributed by atoms with Crippen molar-refractivity contribution in [3.63, 3.8) is 0 Å². The maximum absolute atomic E-state index is 8.87. The van der Waals surface area contributed by atoms with Gasteiger partial charge in [0.25, 0.3) is 0 Å².